The molecule has 4 rings (SSSR count). The van der Waals surface area contributed by atoms with Crippen molar-refractivity contribution in [2.45, 2.75) is 31.9 Å². The van der Waals surface area contributed by atoms with Crippen LogP contribution >= 0.6 is 0 Å². The average Bonchev–Trinajstić information content (AvgIpc) is 2.68. The maximum absolute atomic E-state index is 13.9. The van der Waals surface area contributed by atoms with Gasteiger partial charge >= 0.3 is 0 Å². The molecule has 2 aromatic heterocycles. The fourth-order valence-electron chi connectivity index (χ4n) is 4.14. The monoisotopic (exact) mass is 357 g/mol. The van der Waals surface area contributed by atoms with E-state index in [9.17, 15) is 4.39 Å². The number of hydrogen-bond donors (Lipinski definition) is 0. The maximum atomic E-state index is 13.9. The first-order valence-electron chi connectivity index (χ1n) is 9.22. The molecule has 0 amide bonds. The summed E-state index contributed by atoms with van der Waals surface area (Å²) in [5.41, 5.74) is 0.935. The van der Waals surface area contributed by atoms with Crippen LogP contribution in [-0.2, 0) is 11.3 Å². The van der Waals surface area contributed by atoms with E-state index in [2.05, 4.69) is 20.9 Å². The third kappa shape index (κ3) is 3.71. The van der Waals surface area contributed by atoms with Crippen molar-refractivity contribution in [1.82, 2.24) is 14.9 Å². The van der Waals surface area contributed by atoms with E-state index >= 15 is 0 Å². The number of pyridine rings is 2. The molecule has 2 aliphatic rings. The minimum absolute atomic E-state index is 0.0769. The Morgan fingerprint density at radius 1 is 1.23 bits per heavy atom. The molecule has 0 aromatic carbocycles. The van der Waals surface area contributed by atoms with Crippen LogP contribution in [0.5, 0.6) is 5.88 Å². The molecule has 0 unspecified atom stereocenters. The van der Waals surface area contributed by atoms with E-state index in [-0.39, 0.29) is 17.4 Å². The summed E-state index contributed by atoms with van der Waals surface area (Å²) in [5, 5.41) is 0. The Morgan fingerprint density at radius 3 is 3.00 bits per heavy atom. The molecule has 0 bridgehead atoms. The SMILES string of the molecule is Fc1cccnc1OC[C@@]12CCCO[C@H]1CCN(Cc1ccccn1)C2. The Kier molecular flexibility index (Phi) is 5.13. The number of piperidine rings is 1. The van der Waals surface area contributed by atoms with Crippen molar-refractivity contribution in [2.24, 2.45) is 5.41 Å². The van der Waals surface area contributed by atoms with Crippen molar-refractivity contribution in [2.75, 3.05) is 26.3 Å². The highest BCUT2D eigenvalue weighted by Crippen LogP contribution is 2.41. The van der Waals surface area contributed by atoms with Gasteiger partial charge < -0.3 is 9.47 Å². The molecule has 2 fully saturated rings. The van der Waals surface area contributed by atoms with Gasteiger partial charge in [-0.2, -0.15) is 0 Å². The van der Waals surface area contributed by atoms with Gasteiger partial charge in [-0.3, -0.25) is 9.88 Å². The molecule has 5 nitrogen and oxygen atoms in total. The summed E-state index contributed by atoms with van der Waals surface area (Å²) in [7, 11) is 0. The molecule has 4 heterocycles. The Morgan fingerprint density at radius 2 is 2.15 bits per heavy atom. The van der Waals surface area contributed by atoms with Gasteiger partial charge in [0.2, 0.25) is 5.88 Å². The van der Waals surface area contributed by atoms with Gasteiger partial charge in [0, 0.05) is 44.0 Å². The first kappa shape index (κ1) is 17.4. The smallest absolute Gasteiger partial charge is 0.250 e. The number of likely N-dealkylation sites (tertiary alicyclic amines) is 1. The zero-order valence-electron chi connectivity index (χ0n) is 14.8. The number of rotatable bonds is 5. The van der Waals surface area contributed by atoms with E-state index in [1.54, 1.807) is 12.3 Å². The minimum Gasteiger partial charge on any atom is -0.475 e. The average molecular weight is 357 g/mol. The zero-order chi connectivity index (χ0) is 17.8. The van der Waals surface area contributed by atoms with Gasteiger partial charge in [0.05, 0.1) is 18.4 Å². The zero-order valence-corrected chi connectivity index (χ0v) is 14.8. The molecule has 2 aromatic rings. The first-order chi connectivity index (χ1) is 12.8. The highest BCUT2D eigenvalue weighted by atomic mass is 19.1. The quantitative estimate of drug-likeness (QED) is 0.823. The van der Waals surface area contributed by atoms with E-state index in [1.165, 1.54) is 6.07 Å². The second kappa shape index (κ2) is 7.68. The highest BCUT2D eigenvalue weighted by molar-refractivity contribution is 5.13. The fraction of sp³-hybridized carbons (Fsp3) is 0.500. The normalized spacial score (nSPS) is 26.3. The van der Waals surface area contributed by atoms with Gasteiger partial charge in [-0.05, 0) is 43.5 Å². The van der Waals surface area contributed by atoms with Gasteiger partial charge in [-0.1, -0.05) is 6.07 Å². The number of ether oxygens (including phenoxy) is 2. The summed E-state index contributed by atoms with van der Waals surface area (Å²) >= 11 is 0. The summed E-state index contributed by atoms with van der Waals surface area (Å²) in [5.74, 6) is -0.341. The molecular formula is C20H24FN3O2. The second-order valence-corrected chi connectivity index (χ2v) is 7.22. The molecule has 138 valence electrons. The molecule has 0 spiro atoms. The lowest BCUT2D eigenvalue weighted by Crippen LogP contribution is -2.57. The number of nitrogens with zero attached hydrogens (tertiary/aromatic N) is 3. The lowest BCUT2D eigenvalue weighted by Gasteiger charge is -2.50. The van der Waals surface area contributed by atoms with Gasteiger partial charge in [0.1, 0.15) is 0 Å². The van der Waals surface area contributed by atoms with Crippen LogP contribution in [-0.4, -0.2) is 47.3 Å². The van der Waals surface area contributed by atoms with Crippen LogP contribution in [0.25, 0.3) is 0 Å². The largest absolute Gasteiger partial charge is 0.475 e. The second-order valence-electron chi connectivity index (χ2n) is 7.22. The summed E-state index contributed by atoms with van der Waals surface area (Å²) in [6.07, 6.45) is 6.52. The van der Waals surface area contributed by atoms with Crippen molar-refractivity contribution >= 4 is 0 Å². The Bertz CT molecular complexity index is 730. The number of fused-ring (bicyclic) bond motifs is 1. The Hall–Kier alpha value is -2.05. The molecule has 2 saturated heterocycles. The minimum atomic E-state index is -0.418. The van der Waals surface area contributed by atoms with Crippen molar-refractivity contribution in [3.8, 4) is 5.88 Å². The van der Waals surface area contributed by atoms with Gasteiger partial charge in [-0.25, -0.2) is 9.37 Å². The van der Waals surface area contributed by atoms with E-state index in [0.717, 1.165) is 51.2 Å². The van der Waals surface area contributed by atoms with Gasteiger partial charge in [0.15, 0.2) is 5.82 Å². The highest BCUT2D eigenvalue weighted by Gasteiger charge is 2.46. The number of halogens is 1. The molecule has 0 saturated carbocycles. The van der Waals surface area contributed by atoms with Crippen LogP contribution in [0.15, 0.2) is 42.7 Å². The standard InChI is InChI=1S/C20H24FN3O2/c21-17-6-3-10-23-19(17)26-15-20-8-4-12-25-18(20)7-11-24(14-20)13-16-5-1-2-9-22-16/h1-3,5-6,9-10,18H,4,7-8,11-15H2/t18-,20-/m0/s1. The molecule has 0 N–H and O–H groups in total. The predicted molar refractivity (Wildman–Crippen MR) is 95.2 cm³/mol. The van der Waals surface area contributed by atoms with Crippen LogP contribution < -0.4 is 4.74 Å². The lowest BCUT2D eigenvalue weighted by molar-refractivity contribution is -0.141. The van der Waals surface area contributed by atoms with Crippen LogP contribution in [0.4, 0.5) is 4.39 Å². The molecule has 2 atom stereocenters. The Balaban J connectivity index is 1.48. The van der Waals surface area contributed by atoms with Gasteiger partial charge in [-0.15, -0.1) is 0 Å². The summed E-state index contributed by atoms with van der Waals surface area (Å²) in [6.45, 7) is 3.87. The maximum Gasteiger partial charge on any atom is 0.250 e. The van der Waals surface area contributed by atoms with Crippen LogP contribution in [0.3, 0.4) is 0 Å². The molecule has 6 heteroatoms. The molecule has 0 aliphatic carbocycles. The fourth-order valence-corrected chi connectivity index (χ4v) is 4.14. The van der Waals surface area contributed by atoms with Gasteiger partial charge in [0.25, 0.3) is 0 Å². The van der Waals surface area contributed by atoms with Crippen LogP contribution in [0.2, 0.25) is 0 Å². The predicted octanol–water partition coefficient (Wildman–Crippen LogP) is 3.07. The Labute approximate surface area is 153 Å². The van der Waals surface area contributed by atoms with Crippen molar-refractivity contribution < 1.29 is 13.9 Å². The van der Waals surface area contributed by atoms with Crippen LogP contribution in [0.1, 0.15) is 25.0 Å². The topological polar surface area (TPSA) is 47.5 Å². The summed E-state index contributed by atoms with van der Waals surface area (Å²) < 4.78 is 25.8. The number of aromatic nitrogens is 2. The van der Waals surface area contributed by atoms with E-state index in [0.29, 0.717) is 6.61 Å². The van der Waals surface area contributed by atoms with Crippen molar-refractivity contribution in [3.63, 3.8) is 0 Å². The first-order valence-corrected chi connectivity index (χ1v) is 9.22. The molecule has 2 aliphatic heterocycles. The van der Waals surface area contributed by atoms with E-state index in [4.69, 9.17) is 9.47 Å². The summed E-state index contributed by atoms with van der Waals surface area (Å²) in [4.78, 5) is 10.9. The molecular weight excluding hydrogens is 333 g/mol. The molecule has 0 radical (unpaired) electrons. The summed E-state index contributed by atoms with van der Waals surface area (Å²) in [6, 6.07) is 8.95. The van der Waals surface area contributed by atoms with Crippen molar-refractivity contribution in [1.29, 1.82) is 0 Å². The van der Waals surface area contributed by atoms with E-state index in [1.807, 2.05) is 18.3 Å². The molecule has 26 heavy (non-hydrogen) atoms. The van der Waals surface area contributed by atoms with Crippen molar-refractivity contribution in [3.05, 3.63) is 54.2 Å². The van der Waals surface area contributed by atoms with Crippen LogP contribution in [0, 0.1) is 11.2 Å². The lowest BCUT2D eigenvalue weighted by atomic mass is 9.73. The van der Waals surface area contributed by atoms with E-state index < -0.39 is 5.82 Å². The number of hydrogen-bond acceptors (Lipinski definition) is 5. The third-order valence-electron chi connectivity index (χ3n) is 5.40. The third-order valence-corrected chi connectivity index (χ3v) is 5.40.